The minimum absolute atomic E-state index is 0. The van der Waals surface area contributed by atoms with Crippen molar-refractivity contribution in [2.24, 2.45) is 0 Å². The van der Waals surface area contributed by atoms with Gasteiger partial charge in [-0.3, -0.25) is 4.79 Å². The fraction of sp³-hybridized carbons (Fsp3) is 0.364. The predicted molar refractivity (Wildman–Crippen MR) is 67.4 cm³/mol. The maximum Gasteiger partial charge on any atom is 0.236 e. The SMILES string of the molecule is CNC(=O)[C@@H](C)NCc1ccc(O)cc1O.Cl. The molecule has 1 amide bonds. The Morgan fingerprint density at radius 3 is 2.59 bits per heavy atom. The molecule has 6 heteroatoms. The number of phenolic OH excluding ortho intramolecular Hbond substituents is 2. The third-order valence-corrected chi connectivity index (χ3v) is 2.31. The molecule has 5 nitrogen and oxygen atoms in total. The number of hydrogen-bond acceptors (Lipinski definition) is 4. The van der Waals surface area contributed by atoms with Gasteiger partial charge in [-0.25, -0.2) is 0 Å². The summed E-state index contributed by atoms with van der Waals surface area (Å²) in [5.74, 6) is -0.0875. The molecule has 1 aromatic carbocycles. The van der Waals surface area contributed by atoms with E-state index in [0.717, 1.165) is 0 Å². The van der Waals surface area contributed by atoms with E-state index in [1.54, 1.807) is 20.0 Å². The number of carbonyl (C=O) groups excluding carboxylic acids is 1. The largest absolute Gasteiger partial charge is 0.508 e. The topological polar surface area (TPSA) is 81.6 Å². The predicted octanol–water partition coefficient (Wildman–Crippen LogP) is 0.744. The molecule has 1 aromatic rings. The molecule has 0 fully saturated rings. The third-order valence-electron chi connectivity index (χ3n) is 2.31. The maximum atomic E-state index is 11.2. The van der Waals surface area contributed by atoms with Crippen LogP contribution in [0.3, 0.4) is 0 Å². The van der Waals surface area contributed by atoms with Gasteiger partial charge in [0.05, 0.1) is 6.04 Å². The highest BCUT2D eigenvalue weighted by Crippen LogP contribution is 2.22. The van der Waals surface area contributed by atoms with Crippen molar-refractivity contribution in [2.45, 2.75) is 19.5 Å². The number of halogens is 1. The standard InChI is InChI=1S/C11H16N2O3.ClH/c1-7(11(16)12-2)13-6-8-3-4-9(14)5-10(8)15;/h3-5,7,13-15H,6H2,1-2H3,(H,12,16);1H/t7-;/m1./s1. The van der Waals surface area contributed by atoms with Gasteiger partial charge in [0, 0.05) is 25.2 Å². The van der Waals surface area contributed by atoms with Gasteiger partial charge >= 0.3 is 0 Å². The molecule has 4 N–H and O–H groups in total. The van der Waals surface area contributed by atoms with Crippen LogP contribution in [0.2, 0.25) is 0 Å². The zero-order valence-electron chi connectivity index (χ0n) is 9.73. The summed E-state index contributed by atoms with van der Waals surface area (Å²) in [5.41, 5.74) is 0.633. The quantitative estimate of drug-likeness (QED) is 0.644. The van der Waals surface area contributed by atoms with Gasteiger partial charge in [-0.2, -0.15) is 0 Å². The Labute approximate surface area is 106 Å². The lowest BCUT2D eigenvalue weighted by Gasteiger charge is -2.12. The number of likely N-dealkylation sites (N-methyl/N-ethyl adjacent to an activating group) is 1. The summed E-state index contributed by atoms with van der Waals surface area (Å²) < 4.78 is 0. The van der Waals surface area contributed by atoms with Crippen molar-refractivity contribution >= 4 is 18.3 Å². The van der Waals surface area contributed by atoms with Crippen molar-refractivity contribution in [3.8, 4) is 11.5 Å². The number of hydrogen-bond donors (Lipinski definition) is 4. The molecule has 17 heavy (non-hydrogen) atoms. The smallest absolute Gasteiger partial charge is 0.236 e. The summed E-state index contributed by atoms with van der Waals surface area (Å²) in [6, 6.07) is 4.02. The second-order valence-electron chi connectivity index (χ2n) is 3.53. The van der Waals surface area contributed by atoms with E-state index >= 15 is 0 Å². The fourth-order valence-corrected chi connectivity index (χ4v) is 1.27. The van der Waals surface area contributed by atoms with Crippen LogP contribution in [0.25, 0.3) is 0 Å². The lowest BCUT2D eigenvalue weighted by Crippen LogP contribution is -2.40. The minimum atomic E-state index is -0.335. The van der Waals surface area contributed by atoms with E-state index in [1.165, 1.54) is 12.1 Å². The van der Waals surface area contributed by atoms with Gasteiger partial charge in [0.15, 0.2) is 0 Å². The zero-order valence-corrected chi connectivity index (χ0v) is 10.5. The molecule has 0 aromatic heterocycles. The normalized spacial score (nSPS) is 11.4. The molecule has 0 bridgehead atoms. The Morgan fingerprint density at radius 2 is 2.06 bits per heavy atom. The van der Waals surface area contributed by atoms with Crippen LogP contribution in [0, 0.1) is 0 Å². The Bertz CT molecular complexity index is 385. The van der Waals surface area contributed by atoms with Crippen molar-refractivity contribution < 1.29 is 15.0 Å². The van der Waals surface area contributed by atoms with Crippen LogP contribution in [0.1, 0.15) is 12.5 Å². The Morgan fingerprint density at radius 1 is 1.41 bits per heavy atom. The summed E-state index contributed by atoms with van der Waals surface area (Å²) in [5, 5.41) is 24.1. The highest BCUT2D eigenvalue weighted by atomic mass is 35.5. The number of amides is 1. The summed E-state index contributed by atoms with van der Waals surface area (Å²) in [7, 11) is 1.57. The molecule has 96 valence electrons. The number of nitrogens with one attached hydrogen (secondary N) is 2. The highest BCUT2D eigenvalue weighted by molar-refractivity contribution is 5.85. The van der Waals surface area contributed by atoms with Crippen LogP contribution in [0.4, 0.5) is 0 Å². The van der Waals surface area contributed by atoms with Crippen molar-refractivity contribution in [3.63, 3.8) is 0 Å². The first-order chi connectivity index (χ1) is 7.54. The minimum Gasteiger partial charge on any atom is -0.508 e. The van der Waals surface area contributed by atoms with Crippen LogP contribution in [0.15, 0.2) is 18.2 Å². The van der Waals surface area contributed by atoms with E-state index < -0.39 is 0 Å². The number of aromatic hydroxyl groups is 2. The molecule has 0 aliphatic rings. The van der Waals surface area contributed by atoms with E-state index in [0.29, 0.717) is 12.1 Å². The first-order valence-electron chi connectivity index (χ1n) is 5.00. The highest BCUT2D eigenvalue weighted by Gasteiger charge is 2.10. The summed E-state index contributed by atoms with van der Waals surface area (Å²) in [6.45, 7) is 2.09. The Hall–Kier alpha value is -1.46. The molecule has 0 aliphatic heterocycles. The zero-order chi connectivity index (χ0) is 12.1. The number of phenols is 2. The van der Waals surface area contributed by atoms with Gasteiger partial charge in [0.25, 0.3) is 0 Å². The van der Waals surface area contributed by atoms with E-state index in [-0.39, 0.29) is 35.9 Å². The van der Waals surface area contributed by atoms with Gasteiger partial charge in [-0.15, -0.1) is 12.4 Å². The molecular weight excluding hydrogens is 244 g/mol. The van der Waals surface area contributed by atoms with Gasteiger partial charge in [0.1, 0.15) is 11.5 Å². The molecule has 0 radical (unpaired) electrons. The van der Waals surface area contributed by atoms with Crippen LogP contribution in [-0.4, -0.2) is 29.2 Å². The summed E-state index contributed by atoms with van der Waals surface area (Å²) in [6.07, 6.45) is 0. The second-order valence-corrected chi connectivity index (χ2v) is 3.53. The first-order valence-corrected chi connectivity index (χ1v) is 5.00. The molecule has 0 saturated heterocycles. The van der Waals surface area contributed by atoms with Crippen LogP contribution in [-0.2, 0) is 11.3 Å². The number of carbonyl (C=O) groups is 1. The lowest BCUT2D eigenvalue weighted by molar-refractivity contribution is -0.122. The Balaban J connectivity index is 0.00000256. The fourth-order valence-electron chi connectivity index (χ4n) is 1.27. The monoisotopic (exact) mass is 260 g/mol. The lowest BCUT2D eigenvalue weighted by atomic mass is 10.2. The van der Waals surface area contributed by atoms with Crippen LogP contribution < -0.4 is 10.6 Å². The van der Waals surface area contributed by atoms with Crippen molar-refractivity contribution in [1.82, 2.24) is 10.6 Å². The molecule has 0 aliphatic carbocycles. The van der Waals surface area contributed by atoms with Crippen molar-refractivity contribution in [2.75, 3.05) is 7.05 Å². The molecular formula is C11H17ClN2O3. The van der Waals surface area contributed by atoms with Crippen LogP contribution >= 0.6 is 12.4 Å². The van der Waals surface area contributed by atoms with Crippen LogP contribution in [0.5, 0.6) is 11.5 Å². The van der Waals surface area contributed by atoms with E-state index in [4.69, 9.17) is 5.11 Å². The molecule has 1 atom stereocenters. The average molecular weight is 261 g/mol. The first kappa shape index (κ1) is 15.5. The molecule has 0 saturated carbocycles. The van der Waals surface area contributed by atoms with Gasteiger partial charge in [-0.05, 0) is 13.0 Å². The summed E-state index contributed by atoms with van der Waals surface area (Å²) >= 11 is 0. The second kappa shape index (κ2) is 6.98. The van der Waals surface area contributed by atoms with E-state index in [2.05, 4.69) is 10.6 Å². The molecule has 0 spiro atoms. The maximum absolute atomic E-state index is 11.2. The molecule has 0 heterocycles. The number of benzene rings is 1. The van der Waals surface area contributed by atoms with Gasteiger partial charge < -0.3 is 20.8 Å². The van der Waals surface area contributed by atoms with Crippen molar-refractivity contribution in [1.29, 1.82) is 0 Å². The van der Waals surface area contributed by atoms with Gasteiger partial charge in [-0.1, -0.05) is 6.07 Å². The van der Waals surface area contributed by atoms with E-state index in [1.807, 2.05) is 0 Å². The van der Waals surface area contributed by atoms with Crippen molar-refractivity contribution in [3.05, 3.63) is 23.8 Å². The number of rotatable bonds is 4. The van der Waals surface area contributed by atoms with E-state index in [9.17, 15) is 9.90 Å². The summed E-state index contributed by atoms with van der Waals surface area (Å²) in [4.78, 5) is 11.2. The Kier molecular flexibility index (Phi) is 6.38. The average Bonchev–Trinajstić information content (AvgIpc) is 2.26. The third kappa shape index (κ3) is 4.50. The van der Waals surface area contributed by atoms with Gasteiger partial charge in [0.2, 0.25) is 5.91 Å². The molecule has 1 rings (SSSR count). The molecule has 0 unspecified atom stereocenters.